The third-order valence-electron chi connectivity index (χ3n) is 4.22. The second kappa shape index (κ2) is 11.7. The number of esters is 1. The Morgan fingerprint density at radius 1 is 1.27 bits per heavy atom. The average molecular weight is 387 g/mol. The highest BCUT2D eigenvalue weighted by Gasteiger charge is 2.26. The fraction of sp³-hybridized carbons (Fsp3) is 0.556. The summed E-state index contributed by atoms with van der Waals surface area (Å²) in [6, 6.07) is 6.55. The second-order valence-corrected chi connectivity index (χ2v) is 6.02. The summed E-state index contributed by atoms with van der Waals surface area (Å²) in [6.45, 7) is 1.75. The van der Waals surface area contributed by atoms with Crippen molar-refractivity contribution < 1.29 is 23.8 Å². The molecule has 1 aliphatic rings. The smallest absolute Gasteiger partial charge is 0.305 e. The Morgan fingerprint density at radius 2 is 1.92 bits per heavy atom. The molecule has 1 aliphatic heterocycles. The maximum atomic E-state index is 12.2. The van der Waals surface area contributed by atoms with Gasteiger partial charge in [0.05, 0.1) is 19.8 Å². The number of halogens is 1. The Labute approximate surface area is 160 Å². The molecule has 1 saturated heterocycles. The van der Waals surface area contributed by atoms with Crippen LogP contribution in [0.2, 0.25) is 0 Å². The lowest BCUT2D eigenvalue weighted by Gasteiger charge is -2.26. The summed E-state index contributed by atoms with van der Waals surface area (Å²) < 4.78 is 15.4. The summed E-state index contributed by atoms with van der Waals surface area (Å²) in [5.41, 5.74) is 6.73. The molecule has 0 aromatic heterocycles. The van der Waals surface area contributed by atoms with Gasteiger partial charge in [-0.2, -0.15) is 0 Å². The first-order valence-corrected chi connectivity index (χ1v) is 8.54. The molecule has 1 heterocycles. The number of amides is 1. The van der Waals surface area contributed by atoms with Crippen molar-refractivity contribution in [2.24, 2.45) is 11.7 Å². The highest BCUT2D eigenvalue weighted by molar-refractivity contribution is 5.94. The van der Waals surface area contributed by atoms with E-state index in [4.69, 9.17) is 15.2 Å². The molecule has 2 rings (SSSR count). The molecule has 0 saturated carbocycles. The van der Waals surface area contributed by atoms with Crippen molar-refractivity contribution >= 4 is 30.0 Å². The molecule has 146 valence electrons. The molecular weight excluding hydrogens is 360 g/mol. The number of nitrogens with two attached hydrogens (primary N) is 1. The van der Waals surface area contributed by atoms with Crippen LogP contribution in [0.5, 0.6) is 5.75 Å². The van der Waals surface area contributed by atoms with Crippen molar-refractivity contribution in [3.05, 3.63) is 24.3 Å². The van der Waals surface area contributed by atoms with Crippen LogP contribution in [0.15, 0.2) is 24.3 Å². The SMILES string of the molecule is COC(=O)CCCOc1ccc(NC(=O)C(N)C2CCOCC2)cc1.Cl. The number of nitrogens with one attached hydrogen (secondary N) is 1. The molecule has 1 amide bonds. The summed E-state index contributed by atoms with van der Waals surface area (Å²) >= 11 is 0. The molecular formula is C18H27ClN2O5. The van der Waals surface area contributed by atoms with Crippen LogP contribution in [0.4, 0.5) is 5.69 Å². The number of methoxy groups -OCH3 is 1. The monoisotopic (exact) mass is 386 g/mol. The molecule has 8 heteroatoms. The number of hydrogen-bond acceptors (Lipinski definition) is 6. The second-order valence-electron chi connectivity index (χ2n) is 6.02. The molecule has 1 unspecified atom stereocenters. The predicted molar refractivity (Wildman–Crippen MR) is 101 cm³/mol. The van der Waals surface area contributed by atoms with Crippen molar-refractivity contribution in [2.45, 2.75) is 31.7 Å². The van der Waals surface area contributed by atoms with E-state index >= 15 is 0 Å². The standard InChI is InChI=1S/C18H26N2O5.ClH/c1-23-16(21)3-2-10-25-15-6-4-14(5-7-15)20-18(22)17(19)13-8-11-24-12-9-13;/h4-7,13,17H,2-3,8-12,19H2,1H3,(H,20,22);1H. The Morgan fingerprint density at radius 3 is 2.54 bits per heavy atom. The van der Waals surface area contributed by atoms with Gasteiger partial charge >= 0.3 is 5.97 Å². The number of carbonyl (C=O) groups is 2. The van der Waals surface area contributed by atoms with E-state index in [9.17, 15) is 9.59 Å². The zero-order chi connectivity index (χ0) is 18.1. The van der Waals surface area contributed by atoms with Crippen LogP contribution < -0.4 is 15.8 Å². The van der Waals surface area contributed by atoms with E-state index < -0.39 is 6.04 Å². The van der Waals surface area contributed by atoms with E-state index in [1.165, 1.54) is 7.11 Å². The number of anilines is 1. The number of benzene rings is 1. The Kier molecular flexibility index (Phi) is 10.0. The molecule has 26 heavy (non-hydrogen) atoms. The Bertz CT molecular complexity index is 561. The Hall–Kier alpha value is -1.83. The molecule has 1 fully saturated rings. The lowest BCUT2D eigenvalue weighted by molar-refractivity contribution is -0.140. The molecule has 0 spiro atoms. The van der Waals surface area contributed by atoms with Crippen LogP contribution in [0.25, 0.3) is 0 Å². The van der Waals surface area contributed by atoms with Crippen LogP contribution in [0.3, 0.4) is 0 Å². The fourth-order valence-corrected chi connectivity index (χ4v) is 2.66. The van der Waals surface area contributed by atoms with Crippen LogP contribution >= 0.6 is 12.4 Å². The average Bonchev–Trinajstić information content (AvgIpc) is 2.66. The predicted octanol–water partition coefficient (Wildman–Crippen LogP) is 2.13. The maximum Gasteiger partial charge on any atom is 0.305 e. The van der Waals surface area contributed by atoms with E-state index in [0.717, 1.165) is 12.8 Å². The van der Waals surface area contributed by atoms with Crippen molar-refractivity contribution in [3.8, 4) is 5.75 Å². The molecule has 0 radical (unpaired) electrons. The molecule has 7 nitrogen and oxygen atoms in total. The third kappa shape index (κ3) is 7.19. The molecule has 1 aromatic carbocycles. The summed E-state index contributed by atoms with van der Waals surface area (Å²) in [4.78, 5) is 23.3. The van der Waals surface area contributed by atoms with Crippen LogP contribution in [0, 0.1) is 5.92 Å². The lowest BCUT2D eigenvalue weighted by Crippen LogP contribution is -2.43. The highest BCUT2D eigenvalue weighted by atomic mass is 35.5. The van der Waals surface area contributed by atoms with Gasteiger partial charge in [-0.25, -0.2) is 0 Å². The third-order valence-corrected chi connectivity index (χ3v) is 4.22. The van der Waals surface area contributed by atoms with Gasteiger partial charge in [-0.3, -0.25) is 9.59 Å². The van der Waals surface area contributed by atoms with Crippen molar-refractivity contribution in [1.82, 2.24) is 0 Å². The van der Waals surface area contributed by atoms with Crippen LogP contribution in [0.1, 0.15) is 25.7 Å². The number of hydrogen-bond donors (Lipinski definition) is 2. The van der Waals surface area contributed by atoms with Gasteiger partial charge in [0, 0.05) is 25.3 Å². The molecule has 1 aromatic rings. The maximum absolute atomic E-state index is 12.2. The lowest BCUT2D eigenvalue weighted by atomic mass is 9.92. The van der Waals surface area contributed by atoms with Gasteiger partial charge in [-0.1, -0.05) is 0 Å². The van der Waals surface area contributed by atoms with Crippen molar-refractivity contribution in [3.63, 3.8) is 0 Å². The summed E-state index contributed by atoms with van der Waals surface area (Å²) in [5.74, 6) is 0.406. The zero-order valence-corrected chi connectivity index (χ0v) is 15.8. The minimum absolute atomic E-state index is 0. The number of ether oxygens (including phenoxy) is 3. The number of rotatable bonds is 8. The largest absolute Gasteiger partial charge is 0.494 e. The topological polar surface area (TPSA) is 99.9 Å². The number of carbonyl (C=O) groups excluding carboxylic acids is 2. The van der Waals surface area contributed by atoms with Crippen LogP contribution in [-0.2, 0) is 19.1 Å². The molecule has 0 aliphatic carbocycles. The normalized spacial score (nSPS) is 15.5. The van der Waals surface area contributed by atoms with E-state index in [-0.39, 0.29) is 30.2 Å². The first kappa shape index (κ1) is 22.2. The minimum Gasteiger partial charge on any atom is -0.494 e. The Balaban J connectivity index is 0.00000338. The summed E-state index contributed by atoms with van der Waals surface area (Å²) in [5, 5.41) is 2.83. The van der Waals surface area contributed by atoms with Gasteiger partial charge in [-0.05, 0) is 49.4 Å². The minimum atomic E-state index is -0.529. The zero-order valence-electron chi connectivity index (χ0n) is 14.9. The van der Waals surface area contributed by atoms with E-state index in [1.54, 1.807) is 24.3 Å². The van der Waals surface area contributed by atoms with E-state index in [2.05, 4.69) is 10.1 Å². The van der Waals surface area contributed by atoms with E-state index in [0.29, 0.717) is 44.1 Å². The van der Waals surface area contributed by atoms with Crippen molar-refractivity contribution in [2.75, 3.05) is 32.2 Å². The molecule has 1 atom stereocenters. The fourth-order valence-electron chi connectivity index (χ4n) is 2.66. The summed E-state index contributed by atoms with van der Waals surface area (Å²) in [6.07, 6.45) is 2.54. The van der Waals surface area contributed by atoms with Gasteiger partial charge < -0.3 is 25.3 Å². The van der Waals surface area contributed by atoms with Gasteiger partial charge in [0.2, 0.25) is 5.91 Å². The van der Waals surface area contributed by atoms with Gasteiger partial charge in [0.25, 0.3) is 0 Å². The van der Waals surface area contributed by atoms with Crippen LogP contribution in [-0.4, -0.2) is 44.8 Å². The molecule has 3 N–H and O–H groups in total. The first-order chi connectivity index (χ1) is 12.1. The first-order valence-electron chi connectivity index (χ1n) is 8.54. The summed E-state index contributed by atoms with van der Waals surface area (Å²) in [7, 11) is 1.37. The highest BCUT2D eigenvalue weighted by Crippen LogP contribution is 2.20. The van der Waals surface area contributed by atoms with Crippen molar-refractivity contribution in [1.29, 1.82) is 0 Å². The van der Waals surface area contributed by atoms with Gasteiger partial charge in [0.15, 0.2) is 0 Å². The molecule has 0 bridgehead atoms. The van der Waals surface area contributed by atoms with Gasteiger partial charge in [0.1, 0.15) is 5.75 Å². The van der Waals surface area contributed by atoms with E-state index in [1.807, 2.05) is 0 Å². The van der Waals surface area contributed by atoms with Gasteiger partial charge in [-0.15, -0.1) is 12.4 Å². The quantitative estimate of drug-likeness (QED) is 0.524.